The molecule has 0 spiro atoms. The van der Waals surface area contributed by atoms with E-state index in [-0.39, 0.29) is 12.5 Å². The standard InChI is InChI=1S/C26H38N4O4S/c1-8-23(25(32)27-26(3,4)5)29(18-21-16-14-20(2)15-17-21)24(31)19-30(35(33,34)28(6)7)22-12-10-9-11-13-22/h9-17,23H,8,18-19H2,1-7H3,(H,27,32)/t23-/m0/s1. The van der Waals surface area contributed by atoms with E-state index in [2.05, 4.69) is 5.32 Å². The van der Waals surface area contributed by atoms with E-state index in [0.717, 1.165) is 19.7 Å². The Balaban J connectivity index is 2.48. The number of anilines is 1. The number of benzene rings is 2. The Kier molecular flexibility index (Phi) is 9.45. The Morgan fingerprint density at radius 1 is 0.971 bits per heavy atom. The number of hydrogen-bond donors (Lipinski definition) is 1. The molecule has 0 radical (unpaired) electrons. The Morgan fingerprint density at radius 3 is 2.03 bits per heavy atom. The van der Waals surface area contributed by atoms with Crippen LogP contribution >= 0.6 is 0 Å². The molecular formula is C26H38N4O4S. The number of hydrogen-bond acceptors (Lipinski definition) is 4. The molecule has 192 valence electrons. The summed E-state index contributed by atoms with van der Waals surface area (Å²) in [6, 6.07) is 15.4. The average molecular weight is 503 g/mol. The van der Waals surface area contributed by atoms with Crippen molar-refractivity contribution in [2.75, 3.05) is 24.9 Å². The van der Waals surface area contributed by atoms with E-state index in [9.17, 15) is 18.0 Å². The van der Waals surface area contributed by atoms with E-state index in [1.54, 1.807) is 30.3 Å². The summed E-state index contributed by atoms with van der Waals surface area (Å²) in [5, 5.41) is 2.96. The smallest absolute Gasteiger partial charge is 0.304 e. The van der Waals surface area contributed by atoms with Gasteiger partial charge in [-0.1, -0.05) is 55.0 Å². The number of amides is 2. The van der Waals surface area contributed by atoms with Crippen molar-refractivity contribution in [2.45, 2.75) is 59.2 Å². The lowest BCUT2D eigenvalue weighted by molar-refractivity contribution is -0.141. The van der Waals surface area contributed by atoms with Crippen molar-refractivity contribution in [3.8, 4) is 0 Å². The van der Waals surface area contributed by atoms with E-state index >= 15 is 0 Å². The molecule has 0 saturated carbocycles. The van der Waals surface area contributed by atoms with Gasteiger partial charge in [0.2, 0.25) is 11.8 Å². The third-order valence-corrected chi connectivity index (χ3v) is 7.24. The molecule has 0 aliphatic carbocycles. The third kappa shape index (κ3) is 7.80. The zero-order valence-electron chi connectivity index (χ0n) is 21.8. The zero-order valence-corrected chi connectivity index (χ0v) is 22.6. The van der Waals surface area contributed by atoms with Crippen molar-refractivity contribution < 1.29 is 18.0 Å². The van der Waals surface area contributed by atoms with Crippen molar-refractivity contribution in [1.82, 2.24) is 14.5 Å². The second-order valence-electron chi connectivity index (χ2n) is 9.80. The summed E-state index contributed by atoms with van der Waals surface area (Å²) in [7, 11) is -1.12. The minimum atomic E-state index is -3.96. The highest BCUT2D eigenvalue weighted by Crippen LogP contribution is 2.21. The lowest BCUT2D eigenvalue weighted by atomic mass is 10.1. The number of aryl methyl sites for hydroxylation is 1. The fourth-order valence-corrected chi connectivity index (χ4v) is 4.63. The first-order valence-corrected chi connectivity index (χ1v) is 13.1. The molecule has 9 heteroatoms. The van der Waals surface area contributed by atoms with Crippen LogP contribution in [0.3, 0.4) is 0 Å². The first kappa shape index (κ1) is 28.3. The maximum absolute atomic E-state index is 13.8. The molecule has 0 unspecified atom stereocenters. The number of rotatable bonds is 10. The van der Waals surface area contributed by atoms with Crippen LogP contribution in [0.1, 0.15) is 45.2 Å². The number of para-hydroxylation sites is 1. The number of nitrogens with zero attached hydrogens (tertiary/aromatic N) is 3. The molecule has 0 bridgehead atoms. The Bertz CT molecular complexity index is 1090. The molecule has 1 N–H and O–H groups in total. The van der Waals surface area contributed by atoms with Gasteiger partial charge in [0.05, 0.1) is 5.69 Å². The fourth-order valence-electron chi connectivity index (χ4n) is 3.57. The van der Waals surface area contributed by atoms with Gasteiger partial charge in [-0.15, -0.1) is 0 Å². The van der Waals surface area contributed by atoms with Crippen LogP contribution in [0.15, 0.2) is 54.6 Å². The van der Waals surface area contributed by atoms with Gasteiger partial charge in [-0.25, -0.2) is 4.31 Å². The predicted molar refractivity (Wildman–Crippen MR) is 140 cm³/mol. The van der Waals surface area contributed by atoms with Gasteiger partial charge >= 0.3 is 10.2 Å². The summed E-state index contributed by atoms with van der Waals surface area (Å²) >= 11 is 0. The van der Waals surface area contributed by atoms with Crippen LogP contribution in [0.2, 0.25) is 0 Å². The van der Waals surface area contributed by atoms with E-state index in [0.29, 0.717) is 12.1 Å². The Morgan fingerprint density at radius 2 is 1.54 bits per heavy atom. The lowest BCUT2D eigenvalue weighted by Gasteiger charge is -2.35. The maximum atomic E-state index is 13.8. The monoisotopic (exact) mass is 502 g/mol. The van der Waals surface area contributed by atoms with E-state index < -0.39 is 34.2 Å². The summed E-state index contributed by atoms with van der Waals surface area (Å²) < 4.78 is 28.4. The first-order chi connectivity index (χ1) is 16.3. The van der Waals surface area contributed by atoms with Crippen LogP contribution in [0, 0.1) is 6.92 Å². The molecule has 2 amide bonds. The molecule has 2 aromatic rings. The highest BCUT2D eigenvalue weighted by atomic mass is 32.2. The maximum Gasteiger partial charge on any atom is 0.304 e. The minimum absolute atomic E-state index is 0.180. The number of carbonyl (C=O) groups is 2. The summed E-state index contributed by atoms with van der Waals surface area (Å²) in [4.78, 5) is 28.4. The van der Waals surface area contributed by atoms with E-state index in [1.807, 2.05) is 58.9 Å². The normalized spacial score (nSPS) is 12.8. The minimum Gasteiger partial charge on any atom is -0.350 e. The van der Waals surface area contributed by atoms with Gasteiger partial charge < -0.3 is 10.2 Å². The van der Waals surface area contributed by atoms with Crippen LogP contribution in [-0.4, -0.2) is 61.7 Å². The highest BCUT2D eigenvalue weighted by molar-refractivity contribution is 7.90. The Hall–Kier alpha value is -2.91. The molecule has 2 rings (SSSR count). The van der Waals surface area contributed by atoms with Crippen molar-refractivity contribution in [3.05, 3.63) is 65.7 Å². The highest BCUT2D eigenvalue weighted by Gasteiger charge is 2.34. The van der Waals surface area contributed by atoms with Crippen LogP contribution in [0.5, 0.6) is 0 Å². The van der Waals surface area contributed by atoms with Crippen molar-refractivity contribution >= 4 is 27.7 Å². The van der Waals surface area contributed by atoms with Crippen molar-refractivity contribution in [1.29, 1.82) is 0 Å². The van der Waals surface area contributed by atoms with Gasteiger partial charge in [-0.2, -0.15) is 12.7 Å². The lowest BCUT2D eigenvalue weighted by Crippen LogP contribution is -2.55. The molecule has 0 saturated heterocycles. The molecular weight excluding hydrogens is 464 g/mol. The number of carbonyl (C=O) groups excluding carboxylic acids is 2. The van der Waals surface area contributed by atoms with Gasteiger partial charge in [0.15, 0.2) is 0 Å². The van der Waals surface area contributed by atoms with Gasteiger partial charge in [-0.3, -0.25) is 9.59 Å². The fraction of sp³-hybridized carbons (Fsp3) is 0.462. The Labute approximate surface area is 210 Å². The largest absolute Gasteiger partial charge is 0.350 e. The molecule has 8 nitrogen and oxygen atoms in total. The summed E-state index contributed by atoms with van der Waals surface area (Å²) in [5.74, 6) is -0.738. The third-order valence-electron chi connectivity index (χ3n) is 5.42. The molecule has 0 aliphatic rings. The van der Waals surface area contributed by atoms with E-state index in [4.69, 9.17) is 0 Å². The van der Waals surface area contributed by atoms with Gasteiger partial charge in [0, 0.05) is 26.2 Å². The average Bonchev–Trinajstić information content (AvgIpc) is 2.77. The van der Waals surface area contributed by atoms with Crippen LogP contribution in [0.25, 0.3) is 0 Å². The molecule has 0 heterocycles. The van der Waals surface area contributed by atoms with Crippen molar-refractivity contribution in [2.24, 2.45) is 0 Å². The van der Waals surface area contributed by atoms with Gasteiger partial charge in [0.1, 0.15) is 12.6 Å². The molecule has 1 atom stereocenters. The van der Waals surface area contributed by atoms with Gasteiger partial charge in [0.25, 0.3) is 0 Å². The second kappa shape index (κ2) is 11.7. The topological polar surface area (TPSA) is 90.0 Å². The second-order valence-corrected chi connectivity index (χ2v) is 11.9. The zero-order chi connectivity index (χ0) is 26.4. The SMILES string of the molecule is CC[C@@H](C(=O)NC(C)(C)C)N(Cc1ccc(C)cc1)C(=O)CN(c1ccccc1)S(=O)(=O)N(C)C. The molecule has 0 aromatic heterocycles. The summed E-state index contributed by atoms with van der Waals surface area (Å²) in [6.45, 7) is 9.20. The predicted octanol–water partition coefficient (Wildman–Crippen LogP) is 3.33. The first-order valence-electron chi connectivity index (χ1n) is 11.7. The summed E-state index contributed by atoms with van der Waals surface area (Å²) in [5.41, 5.74) is 1.83. The molecule has 0 aliphatic heterocycles. The summed E-state index contributed by atoms with van der Waals surface area (Å²) in [6.07, 6.45) is 0.380. The van der Waals surface area contributed by atoms with Crippen molar-refractivity contribution in [3.63, 3.8) is 0 Å². The van der Waals surface area contributed by atoms with Crippen LogP contribution < -0.4 is 9.62 Å². The molecule has 35 heavy (non-hydrogen) atoms. The van der Waals surface area contributed by atoms with Gasteiger partial charge in [-0.05, 0) is 51.8 Å². The quantitative estimate of drug-likeness (QED) is 0.540. The molecule has 0 fully saturated rings. The molecule has 2 aromatic carbocycles. The van der Waals surface area contributed by atoms with Crippen LogP contribution in [-0.2, 0) is 26.3 Å². The van der Waals surface area contributed by atoms with E-state index in [1.165, 1.54) is 19.0 Å². The van der Waals surface area contributed by atoms with Crippen LogP contribution in [0.4, 0.5) is 5.69 Å². The number of nitrogens with one attached hydrogen (secondary N) is 1.